The Morgan fingerprint density at radius 3 is 2.88 bits per heavy atom. The van der Waals surface area contributed by atoms with E-state index in [1.54, 1.807) is 6.20 Å². The molecule has 1 N–H and O–H groups in total. The number of carbonyl (C=O) groups is 1. The van der Waals surface area contributed by atoms with E-state index >= 15 is 0 Å². The first-order valence-electron chi connectivity index (χ1n) is 10.4. The maximum Gasteiger partial charge on any atom is 0.220 e. The molecular weight excluding hydrogens is 324 g/mol. The standard InChI is InChI=1S/C21H30N4O/c1-20-10-8-19(26)22-13-14(20)3-4-15-16-5-6-18(25-12-11-23-24-25)21(16,2)9-7-17(15)20/h6,11-12,14-17H,3-5,7-10,13H2,1-2H3,(H,22,26). The van der Waals surface area contributed by atoms with Crippen LogP contribution in [0.4, 0.5) is 0 Å². The molecule has 4 aliphatic rings. The van der Waals surface area contributed by atoms with Crippen LogP contribution in [0.15, 0.2) is 18.5 Å². The summed E-state index contributed by atoms with van der Waals surface area (Å²) in [6.45, 7) is 5.85. The minimum absolute atomic E-state index is 0.219. The van der Waals surface area contributed by atoms with Crippen molar-refractivity contribution < 1.29 is 4.79 Å². The number of allylic oxidation sites excluding steroid dienone is 2. The van der Waals surface area contributed by atoms with Gasteiger partial charge in [0.05, 0.1) is 12.4 Å². The fourth-order valence-electron chi connectivity index (χ4n) is 7.20. The number of fused-ring (bicyclic) bond motifs is 5. The molecule has 6 unspecified atom stereocenters. The number of aromatic nitrogens is 3. The van der Waals surface area contributed by atoms with Crippen LogP contribution >= 0.6 is 0 Å². The molecule has 26 heavy (non-hydrogen) atoms. The molecule has 1 amide bonds. The van der Waals surface area contributed by atoms with Crippen LogP contribution in [0.5, 0.6) is 0 Å². The van der Waals surface area contributed by atoms with Gasteiger partial charge in [0.2, 0.25) is 5.91 Å². The maximum atomic E-state index is 12.0. The van der Waals surface area contributed by atoms with Gasteiger partial charge in [0.15, 0.2) is 0 Å². The van der Waals surface area contributed by atoms with E-state index in [1.165, 1.54) is 37.8 Å². The van der Waals surface area contributed by atoms with E-state index in [0.717, 1.165) is 24.8 Å². The number of hydrogen-bond acceptors (Lipinski definition) is 3. The van der Waals surface area contributed by atoms with Crippen molar-refractivity contribution in [3.05, 3.63) is 18.5 Å². The molecule has 0 bridgehead atoms. The van der Waals surface area contributed by atoms with Gasteiger partial charge in [-0.3, -0.25) is 4.79 Å². The first-order valence-corrected chi connectivity index (χ1v) is 10.4. The highest BCUT2D eigenvalue weighted by Gasteiger charge is 2.58. The molecule has 3 aliphatic carbocycles. The fourth-order valence-corrected chi connectivity index (χ4v) is 7.20. The second-order valence-electron chi connectivity index (χ2n) is 9.59. The molecule has 6 atom stereocenters. The Balaban J connectivity index is 1.45. The highest BCUT2D eigenvalue weighted by Crippen LogP contribution is 2.65. The topological polar surface area (TPSA) is 59.8 Å². The minimum Gasteiger partial charge on any atom is -0.356 e. The van der Waals surface area contributed by atoms with Crippen LogP contribution in [-0.2, 0) is 4.79 Å². The van der Waals surface area contributed by atoms with Gasteiger partial charge in [-0.25, -0.2) is 4.68 Å². The Morgan fingerprint density at radius 2 is 2.08 bits per heavy atom. The predicted octanol–water partition coefficient (Wildman–Crippen LogP) is 3.50. The second kappa shape index (κ2) is 5.67. The molecule has 0 radical (unpaired) electrons. The summed E-state index contributed by atoms with van der Waals surface area (Å²) in [7, 11) is 0. The lowest BCUT2D eigenvalue weighted by molar-refractivity contribution is -0.121. The first kappa shape index (κ1) is 16.5. The first-order chi connectivity index (χ1) is 12.5. The quantitative estimate of drug-likeness (QED) is 0.840. The highest BCUT2D eigenvalue weighted by molar-refractivity contribution is 5.76. The lowest BCUT2D eigenvalue weighted by Crippen LogP contribution is -2.52. The van der Waals surface area contributed by atoms with Crippen molar-refractivity contribution in [2.24, 2.45) is 34.5 Å². The molecule has 5 heteroatoms. The summed E-state index contributed by atoms with van der Waals surface area (Å²) in [6, 6.07) is 0. The van der Waals surface area contributed by atoms with Crippen LogP contribution in [0.1, 0.15) is 58.8 Å². The molecule has 0 aromatic carbocycles. The zero-order valence-electron chi connectivity index (χ0n) is 15.9. The van der Waals surface area contributed by atoms with Crippen molar-refractivity contribution in [2.75, 3.05) is 6.54 Å². The molecule has 1 aromatic heterocycles. The van der Waals surface area contributed by atoms with Gasteiger partial charge in [0.1, 0.15) is 0 Å². The summed E-state index contributed by atoms with van der Waals surface area (Å²) in [5, 5.41) is 11.5. The molecule has 2 heterocycles. The number of rotatable bonds is 1. The van der Waals surface area contributed by atoms with Crippen molar-refractivity contribution in [1.29, 1.82) is 0 Å². The van der Waals surface area contributed by atoms with Crippen molar-refractivity contribution in [3.63, 3.8) is 0 Å². The van der Waals surface area contributed by atoms with E-state index in [2.05, 4.69) is 35.6 Å². The molecule has 2 saturated carbocycles. The van der Waals surface area contributed by atoms with E-state index in [9.17, 15) is 4.79 Å². The van der Waals surface area contributed by atoms with Gasteiger partial charge in [-0.05, 0) is 67.6 Å². The third-order valence-electron chi connectivity index (χ3n) is 8.71. The summed E-state index contributed by atoms with van der Waals surface area (Å²) in [5.41, 5.74) is 1.90. The average Bonchev–Trinajstić information content (AvgIpc) is 3.22. The van der Waals surface area contributed by atoms with Crippen molar-refractivity contribution >= 4 is 11.6 Å². The number of nitrogens with zero attached hydrogens (tertiary/aromatic N) is 3. The molecule has 3 fully saturated rings. The van der Waals surface area contributed by atoms with E-state index < -0.39 is 0 Å². The van der Waals surface area contributed by atoms with Crippen molar-refractivity contribution in [2.45, 2.75) is 58.8 Å². The second-order valence-corrected chi connectivity index (χ2v) is 9.59. The Labute approximate surface area is 155 Å². The predicted molar refractivity (Wildman–Crippen MR) is 99.8 cm³/mol. The molecule has 5 rings (SSSR count). The van der Waals surface area contributed by atoms with Crippen LogP contribution in [0.25, 0.3) is 5.70 Å². The SMILES string of the molecule is CC12CCC3C(CCC4CNC(=O)CCC43C)C1CC=C2n1ccnn1. The third kappa shape index (κ3) is 2.18. The number of nitrogens with one attached hydrogen (secondary N) is 1. The Kier molecular flexibility index (Phi) is 3.60. The summed E-state index contributed by atoms with van der Waals surface area (Å²) < 4.78 is 2.00. The van der Waals surface area contributed by atoms with Crippen LogP contribution in [0, 0.1) is 34.5 Å². The zero-order valence-corrected chi connectivity index (χ0v) is 15.9. The molecule has 0 spiro atoms. The maximum absolute atomic E-state index is 12.0. The minimum atomic E-state index is 0.219. The Morgan fingerprint density at radius 1 is 1.19 bits per heavy atom. The monoisotopic (exact) mass is 354 g/mol. The third-order valence-corrected chi connectivity index (χ3v) is 8.71. The highest BCUT2D eigenvalue weighted by atomic mass is 16.1. The Bertz CT molecular complexity index is 741. The summed E-state index contributed by atoms with van der Waals surface area (Å²) in [6.07, 6.45) is 14.2. The zero-order chi connectivity index (χ0) is 17.9. The summed E-state index contributed by atoms with van der Waals surface area (Å²) in [4.78, 5) is 12.0. The molecular formula is C21H30N4O. The number of amides is 1. The van der Waals surface area contributed by atoms with E-state index in [0.29, 0.717) is 23.7 Å². The van der Waals surface area contributed by atoms with E-state index in [1.807, 2.05) is 10.9 Å². The number of carbonyl (C=O) groups excluding carboxylic acids is 1. The summed E-state index contributed by atoms with van der Waals surface area (Å²) in [5.74, 6) is 3.17. The van der Waals surface area contributed by atoms with Gasteiger partial charge in [-0.15, -0.1) is 5.10 Å². The largest absolute Gasteiger partial charge is 0.356 e. The molecule has 140 valence electrons. The van der Waals surface area contributed by atoms with Gasteiger partial charge in [-0.1, -0.05) is 25.1 Å². The van der Waals surface area contributed by atoms with Crippen molar-refractivity contribution in [3.8, 4) is 0 Å². The molecule has 5 nitrogen and oxygen atoms in total. The van der Waals surface area contributed by atoms with Crippen LogP contribution in [0.2, 0.25) is 0 Å². The van der Waals surface area contributed by atoms with Crippen molar-refractivity contribution in [1.82, 2.24) is 20.3 Å². The molecule has 1 aromatic rings. The summed E-state index contributed by atoms with van der Waals surface area (Å²) >= 11 is 0. The Hall–Kier alpha value is -1.65. The van der Waals surface area contributed by atoms with Crippen LogP contribution < -0.4 is 5.32 Å². The van der Waals surface area contributed by atoms with Crippen LogP contribution in [0.3, 0.4) is 0 Å². The number of hydrogen-bond donors (Lipinski definition) is 1. The van der Waals surface area contributed by atoms with Gasteiger partial charge >= 0.3 is 0 Å². The van der Waals surface area contributed by atoms with Gasteiger partial charge in [0.25, 0.3) is 0 Å². The van der Waals surface area contributed by atoms with Gasteiger partial charge < -0.3 is 5.32 Å². The van der Waals surface area contributed by atoms with E-state index in [4.69, 9.17) is 0 Å². The van der Waals surface area contributed by atoms with Gasteiger partial charge in [-0.2, -0.15) is 0 Å². The van der Waals surface area contributed by atoms with Crippen LogP contribution in [-0.4, -0.2) is 27.4 Å². The van der Waals surface area contributed by atoms with Gasteiger partial charge in [0, 0.05) is 24.1 Å². The fraction of sp³-hybridized carbons (Fsp3) is 0.762. The normalized spacial score (nSPS) is 45.0. The molecule has 1 aliphatic heterocycles. The average molecular weight is 354 g/mol. The lowest BCUT2D eigenvalue weighted by atomic mass is 9.47. The smallest absolute Gasteiger partial charge is 0.220 e. The molecule has 1 saturated heterocycles. The lowest BCUT2D eigenvalue weighted by Gasteiger charge is -2.58. The van der Waals surface area contributed by atoms with E-state index in [-0.39, 0.29) is 11.3 Å².